The van der Waals surface area contributed by atoms with Gasteiger partial charge in [0.25, 0.3) is 5.91 Å². The Balaban J connectivity index is 1.56. The fourth-order valence-corrected chi connectivity index (χ4v) is 3.51. The Bertz CT molecular complexity index is 850. The summed E-state index contributed by atoms with van der Waals surface area (Å²) in [6, 6.07) is 15.9. The van der Waals surface area contributed by atoms with Crippen LogP contribution in [0.25, 0.3) is 11.0 Å². The summed E-state index contributed by atoms with van der Waals surface area (Å²) in [7, 11) is 0. The van der Waals surface area contributed by atoms with Gasteiger partial charge in [0.15, 0.2) is 0 Å². The van der Waals surface area contributed by atoms with Crippen molar-refractivity contribution < 1.29 is 4.79 Å². The largest absolute Gasteiger partial charge is 0.342 e. The summed E-state index contributed by atoms with van der Waals surface area (Å²) < 4.78 is 0. The molecule has 1 unspecified atom stereocenters. The fourth-order valence-electron chi connectivity index (χ4n) is 3.51. The van der Waals surface area contributed by atoms with Gasteiger partial charge in [-0.25, -0.2) is 4.98 Å². The molecule has 4 nitrogen and oxygen atoms in total. The predicted molar refractivity (Wildman–Crippen MR) is 95.2 cm³/mol. The van der Waals surface area contributed by atoms with E-state index in [-0.39, 0.29) is 11.8 Å². The van der Waals surface area contributed by atoms with Crippen molar-refractivity contribution >= 4 is 16.9 Å². The number of likely N-dealkylation sites (tertiary alicyclic amines) is 1. The summed E-state index contributed by atoms with van der Waals surface area (Å²) in [5.74, 6) is 1.40. The Morgan fingerprint density at radius 1 is 1.21 bits per heavy atom. The Morgan fingerprint density at radius 3 is 2.92 bits per heavy atom. The molecule has 3 aromatic rings. The number of nitrogens with zero attached hydrogens (tertiary/aromatic N) is 2. The number of carbonyl (C=O) groups is 1. The van der Waals surface area contributed by atoms with E-state index < -0.39 is 0 Å². The minimum Gasteiger partial charge on any atom is -0.342 e. The molecule has 1 atom stereocenters. The molecule has 0 spiro atoms. The van der Waals surface area contributed by atoms with E-state index >= 15 is 0 Å². The molecular formula is C20H21N3O. The van der Waals surface area contributed by atoms with Crippen LogP contribution >= 0.6 is 0 Å². The van der Waals surface area contributed by atoms with Gasteiger partial charge in [-0.1, -0.05) is 29.8 Å². The number of benzene rings is 2. The van der Waals surface area contributed by atoms with Crippen LogP contribution in [0.3, 0.4) is 0 Å². The van der Waals surface area contributed by atoms with E-state index in [9.17, 15) is 4.79 Å². The first-order chi connectivity index (χ1) is 11.7. The molecule has 0 aliphatic carbocycles. The fraction of sp³-hybridized carbons (Fsp3) is 0.300. The van der Waals surface area contributed by atoms with Gasteiger partial charge in [-0.05, 0) is 44.0 Å². The molecule has 1 aliphatic heterocycles. The number of H-pyrrole nitrogens is 1. The SMILES string of the molecule is Cc1cccc(C(=O)N2CCCC(c3nc4ccccc4[nH]3)C2)c1. The Morgan fingerprint density at radius 2 is 2.08 bits per heavy atom. The van der Waals surface area contributed by atoms with Gasteiger partial charge in [-0.15, -0.1) is 0 Å². The molecule has 0 bridgehead atoms. The number of fused-ring (bicyclic) bond motifs is 1. The molecule has 4 heteroatoms. The second-order valence-electron chi connectivity index (χ2n) is 6.60. The molecule has 2 heterocycles. The lowest BCUT2D eigenvalue weighted by Gasteiger charge is -2.32. The zero-order valence-electron chi connectivity index (χ0n) is 13.8. The summed E-state index contributed by atoms with van der Waals surface area (Å²) in [6.07, 6.45) is 2.08. The third-order valence-electron chi connectivity index (χ3n) is 4.77. The van der Waals surface area contributed by atoms with Crippen molar-refractivity contribution in [2.45, 2.75) is 25.7 Å². The first-order valence-corrected chi connectivity index (χ1v) is 8.51. The maximum absolute atomic E-state index is 12.8. The first kappa shape index (κ1) is 14.9. The topological polar surface area (TPSA) is 49.0 Å². The van der Waals surface area contributed by atoms with Gasteiger partial charge in [-0.2, -0.15) is 0 Å². The number of hydrogen-bond donors (Lipinski definition) is 1. The quantitative estimate of drug-likeness (QED) is 0.779. The average Bonchev–Trinajstić information content (AvgIpc) is 3.05. The van der Waals surface area contributed by atoms with Crippen LogP contribution in [-0.2, 0) is 0 Å². The second-order valence-corrected chi connectivity index (χ2v) is 6.60. The number of imidazole rings is 1. The molecule has 1 amide bonds. The molecule has 0 radical (unpaired) electrons. The summed E-state index contributed by atoms with van der Waals surface area (Å²) in [5, 5.41) is 0. The monoisotopic (exact) mass is 319 g/mol. The van der Waals surface area contributed by atoms with Crippen molar-refractivity contribution in [3.63, 3.8) is 0 Å². The van der Waals surface area contributed by atoms with Gasteiger partial charge in [0.1, 0.15) is 5.82 Å². The van der Waals surface area contributed by atoms with Crippen LogP contribution in [0, 0.1) is 6.92 Å². The highest BCUT2D eigenvalue weighted by Gasteiger charge is 2.27. The molecule has 1 aromatic heterocycles. The van der Waals surface area contributed by atoms with Crippen LogP contribution < -0.4 is 0 Å². The highest BCUT2D eigenvalue weighted by molar-refractivity contribution is 5.94. The van der Waals surface area contributed by atoms with Gasteiger partial charge in [-0.3, -0.25) is 4.79 Å². The number of hydrogen-bond acceptors (Lipinski definition) is 2. The van der Waals surface area contributed by atoms with Crippen LogP contribution in [0.1, 0.15) is 40.5 Å². The average molecular weight is 319 g/mol. The smallest absolute Gasteiger partial charge is 0.253 e. The van der Waals surface area contributed by atoms with E-state index in [4.69, 9.17) is 4.98 Å². The van der Waals surface area contributed by atoms with Crippen molar-refractivity contribution in [3.05, 3.63) is 65.5 Å². The van der Waals surface area contributed by atoms with E-state index in [0.29, 0.717) is 0 Å². The van der Waals surface area contributed by atoms with E-state index in [1.165, 1.54) is 0 Å². The summed E-state index contributed by atoms with van der Waals surface area (Å²) >= 11 is 0. The number of rotatable bonds is 2. The number of piperidine rings is 1. The molecule has 4 rings (SSSR count). The standard InChI is InChI=1S/C20H21N3O/c1-14-6-4-7-15(12-14)20(24)23-11-5-8-16(13-23)19-21-17-9-2-3-10-18(17)22-19/h2-4,6-7,9-10,12,16H,5,8,11,13H2,1H3,(H,21,22). The van der Waals surface area contributed by atoms with Crippen molar-refractivity contribution in [1.82, 2.24) is 14.9 Å². The summed E-state index contributed by atoms with van der Waals surface area (Å²) in [6.45, 7) is 3.57. The van der Waals surface area contributed by atoms with E-state index in [2.05, 4.69) is 4.98 Å². The van der Waals surface area contributed by atoms with Gasteiger partial charge < -0.3 is 9.88 Å². The van der Waals surface area contributed by atoms with Crippen LogP contribution in [0.15, 0.2) is 48.5 Å². The Labute approximate surface area is 141 Å². The molecule has 122 valence electrons. The zero-order valence-corrected chi connectivity index (χ0v) is 13.8. The van der Waals surface area contributed by atoms with Crippen molar-refractivity contribution in [2.75, 3.05) is 13.1 Å². The van der Waals surface area contributed by atoms with Crippen LogP contribution in [0.5, 0.6) is 0 Å². The summed E-state index contributed by atoms with van der Waals surface area (Å²) in [5.41, 5.74) is 3.95. The molecule has 1 N–H and O–H groups in total. The van der Waals surface area contributed by atoms with Crippen molar-refractivity contribution in [3.8, 4) is 0 Å². The molecule has 0 saturated carbocycles. The number of nitrogens with one attached hydrogen (secondary N) is 1. The zero-order chi connectivity index (χ0) is 16.5. The minimum atomic E-state index is 0.125. The highest BCUT2D eigenvalue weighted by Crippen LogP contribution is 2.27. The molecule has 1 aliphatic rings. The third kappa shape index (κ3) is 2.80. The number of carbonyl (C=O) groups excluding carboxylic acids is 1. The van der Waals surface area contributed by atoms with Gasteiger partial charge in [0.05, 0.1) is 11.0 Å². The third-order valence-corrected chi connectivity index (χ3v) is 4.77. The van der Waals surface area contributed by atoms with Crippen LogP contribution in [0.4, 0.5) is 0 Å². The number of para-hydroxylation sites is 2. The van der Waals surface area contributed by atoms with E-state index in [1.54, 1.807) is 0 Å². The van der Waals surface area contributed by atoms with Gasteiger partial charge in [0, 0.05) is 24.6 Å². The minimum absolute atomic E-state index is 0.125. The number of aryl methyl sites for hydroxylation is 1. The first-order valence-electron chi connectivity index (χ1n) is 8.51. The molecular weight excluding hydrogens is 298 g/mol. The molecule has 1 fully saturated rings. The van der Waals surface area contributed by atoms with Crippen LogP contribution in [0.2, 0.25) is 0 Å². The Hall–Kier alpha value is -2.62. The maximum Gasteiger partial charge on any atom is 0.253 e. The van der Waals surface area contributed by atoms with E-state index in [1.807, 2.05) is 60.4 Å². The van der Waals surface area contributed by atoms with E-state index in [0.717, 1.165) is 53.9 Å². The predicted octanol–water partition coefficient (Wildman–Crippen LogP) is 3.89. The number of amides is 1. The highest BCUT2D eigenvalue weighted by atomic mass is 16.2. The van der Waals surface area contributed by atoms with Crippen molar-refractivity contribution in [1.29, 1.82) is 0 Å². The second kappa shape index (κ2) is 6.11. The number of aromatic amines is 1. The molecule has 24 heavy (non-hydrogen) atoms. The van der Waals surface area contributed by atoms with Gasteiger partial charge >= 0.3 is 0 Å². The molecule has 2 aromatic carbocycles. The lowest BCUT2D eigenvalue weighted by molar-refractivity contribution is 0.0705. The number of aromatic nitrogens is 2. The van der Waals surface area contributed by atoms with Crippen LogP contribution in [-0.4, -0.2) is 33.9 Å². The lowest BCUT2D eigenvalue weighted by Crippen LogP contribution is -2.39. The lowest BCUT2D eigenvalue weighted by atomic mass is 9.96. The Kier molecular flexibility index (Phi) is 3.81. The normalized spacial score (nSPS) is 18.0. The maximum atomic E-state index is 12.8. The molecule has 1 saturated heterocycles. The van der Waals surface area contributed by atoms with Crippen molar-refractivity contribution in [2.24, 2.45) is 0 Å². The van der Waals surface area contributed by atoms with Gasteiger partial charge in [0.2, 0.25) is 0 Å². The summed E-state index contributed by atoms with van der Waals surface area (Å²) in [4.78, 5) is 22.9.